The Bertz CT molecular complexity index is 538. The second kappa shape index (κ2) is 9.25. The number of nitrogens with one attached hydrogen (secondary N) is 2. The smallest absolute Gasteiger partial charge is 0.117 e. The van der Waals surface area contributed by atoms with Crippen LogP contribution in [0.5, 0.6) is 0 Å². The van der Waals surface area contributed by atoms with Crippen molar-refractivity contribution in [3.63, 3.8) is 0 Å². The molecule has 1 fully saturated rings. The van der Waals surface area contributed by atoms with Crippen LogP contribution in [0.25, 0.3) is 0 Å². The molecule has 0 spiro atoms. The molecule has 2 unspecified atom stereocenters. The number of aryl methyl sites for hydroxylation is 1. The van der Waals surface area contributed by atoms with Crippen LogP contribution in [0.4, 0.5) is 10.1 Å². The third kappa shape index (κ3) is 5.08. The fourth-order valence-corrected chi connectivity index (χ4v) is 4.43. The minimum atomic E-state index is -0.861. The summed E-state index contributed by atoms with van der Waals surface area (Å²) in [5.74, 6) is 0.492. The van der Waals surface area contributed by atoms with Crippen LogP contribution in [0.15, 0.2) is 12.1 Å². The van der Waals surface area contributed by atoms with Gasteiger partial charge in [0.25, 0.3) is 0 Å². The summed E-state index contributed by atoms with van der Waals surface area (Å²) in [6, 6.07) is 4.28. The number of likely N-dealkylation sites (tertiary alicyclic amines) is 1. The minimum Gasteiger partial charge on any atom is -0.389 e. The number of β-amino-alcohol motifs (C(OH)–C–C–N with tert-alkyl or cyclic N) is 1. The quantitative estimate of drug-likeness (QED) is 0.335. The number of anilines is 1. The summed E-state index contributed by atoms with van der Waals surface area (Å²) < 4.78 is 12.4. The van der Waals surface area contributed by atoms with Crippen molar-refractivity contribution in [1.82, 2.24) is 4.90 Å². The molecule has 1 aliphatic rings. The molecule has 0 aliphatic carbocycles. The van der Waals surface area contributed by atoms with E-state index in [1.54, 1.807) is 0 Å². The van der Waals surface area contributed by atoms with Gasteiger partial charge in [0.2, 0.25) is 0 Å². The number of hydrogen-bond acceptors (Lipinski definition) is 4. The first-order chi connectivity index (χ1) is 11.1. The molecule has 0 aromatic heterocycles. The molecule has 128 valence electrons. The summed E-state index contributed by atoms with van der Waals surface area (Å²) >= 11 is 2.30. The second-order valence-electron chi connectivity index (χ2n) is 6.04. The number of aliphatic hydroxyl groups excluding tert-OH is 1. The van der Waals surface area contributed by atoms with E-state index >= 15 is 0 Å². The predicted octanol–water partition coefficient (Wildman–Crippen LogP) is 3.86. The standard InChI is InChI=1S/C16H24FIN3OP/c1-11-6-13(9-19)16(20-23-18)7-15(11)12-2-4-21(5-3-12)10-14(22)8-17/h6-7,9,12,14,19-20,22-23H,2-5,8,10H2,1H3. The van der Waals surface area contributed by atoms with Crippen LogP contribution < -0.4 is 5.09 Å². The Morgan fingerprint density at radius 2 is 2.22 bits per heavy atom. The monoisotopic (exact) mass is 451 g/mol. The van der Waals surface area contributed by atoms with E-state index in [1.165, 1.54) is 17.3 Å². The maximum atomic E-state index is 12.4. The van der Waals surface area contributed by atoms with Gasteiger partial charge >= 0.3 is 0 Å². The third-order valence-corrected chi connectivity index (χ3v) is 5.62. The Labute approximate surface area is 152 Å². The first-order valence-electron chi connectivity index (χ1n) is 7.82. The van der Waals surface area contributed by atoms with Crippen molar-refractivity contribution in [2.24, 2.45) is 0 Å². The van der Waals surface area contributed by atoms with E-state index in [1.807, 2.05) is 0 Å². The van der Waals surface area contributed by atoms with Crippen LogP contribution in [0, 0.1) is 12.3 Å². The van der Waals surface area contributed by atoms with Gasteiger partial charge in [-0.15, -0.1) is 0 Å². The van der Waals surface area contributed by atoms with E-state index < -0.39 is 12.8 Å². The lowest BCUT2D eigenvalue weighted by Gasteiger charge is -2.33. The van der Waals surface area contributed by atoms with E-state index in [4.69, 9.17) is 5.41 Å². The zero-order chi connectivity index (χ0) is 16.8. The number of piperidine rings is 1. The minimum absolute atomic E-state index is 0.428. The second-order valence-corrected chi connectivity index (χ2v) is 8.10. The van der Waals surface area contributed by atoms with Crippen LogP contribution in [0.3, 0.4) is 0 Å². The molecule has 1 aliphatic heterocycles. The maximum Gasteiger partial charge on any atom is 0.117 e. The van der Waals surface area contributed by atoms with Gasteiger partial charge in [0.1, 0.15) is 6.67 Å². The molecule has 1 saturated heterocycles. The molecule has 1 aromatic carbocycles. The van der Waals surface area contributed by atoms with Crippen molar-refractivity contribution >= 4 is 40.3 Å². The molecule has 7 heteroatoms. The zero-order valence-electron chi connectivity index (χ0n) is 13.3. The Kier molecular flexibility index (Phi) is 7.66. The molecule has 23 heavy (non-hydrogen) atoms. The summed E-state index contributed by atoms with van der Waals surface area (Å²) in [6.07, 6.45) is 3.16. The van der Waals surface area contributed by atoms with E-state index in [-0.39, 0.29) is 0 Å². The number of nitrogens with zero attached hydrogens (tertiary/aromatic N) is 1. The average Bonchev–Trinajstić information content (AvgIpc) is 2.57. The Hall–Kier alpha value is -0.300. The molecular weight excluding hydrogens is 427 g/mol. The third-order valence-electron chi connectivity index (χ3n) is 4.45. The number of hydrogen-bond donors (Lipinski definition) is 3. The first kappa shape index (κ1) is 19.0. The Balaban J connectivity index is 2.08. The van der Waals surface area contributed by atoms with Crippen LogP contribution in [-0.4, -0.2) is 48.6 Å². The van der Waals surface area contributed by atoms with E-state index in [9.17, 15) is 9.50 Å². The average molecular weight is 451 g/mol. The van der Waals surface area contributed by atoms with Crippen molar-refractivity contribution in [3.05, 3.63) is 28.8 Å². The van der Waals surface area contributed by atoms with Crippen molar-refractivity contribution in [1.29, 1.82) is 5.41 Å². The van der Waals surface area contributed by atoms with E-state index in [0.29, 0.717) is 18.8 Å². The summed E-state index contributed by atoms with van der Waals surface area (Å²) in [7, 11) is 0. The summed E-state index contributed by atoms with van der Waals surface area (Å²) in [5, 5.41) is 20.4. The number of aliphatic hydroxyl groups is 1. The van der Waals surface area contributed by atoms with Gasteiger partial charge in [0.05, 0.1) is 6.10 Å². The molecule has 4 nitrogen and oxygen atoms in total. The molecular formula is C16H24FIN3OP. The highest BCUT2D eigenvalue weighted by atomic mass is 127. The fourth-order valence-electron chi connectivity index (χ4n) is 3.24. The molecule has 0 saturated carbocycles. The maximum absolute atomic E-state index is 12.4. The summed E-state index contributed by atoms with van der Waals surface area (Å²) in [5.41, 5.74) is 4.54. The van der Waals surface area contributed by atoms with E-state index in [2.05, 4.69) is 51.1 Å². The highest BCUT2D eigenvalue weighted by molar-refractivity contribution is 14.2. The highest BCUT2D eigenvalue weighted by Gasteiger charge is 2.23. The van der Waals surface area contributed by atoms with Crippen LogP contribution in [0.1, 0.15) is 35.4 Å². The fraction of sp³-hybridized carbons (Fsp3) is 0.562. The van der Waals surface area contributed by atoms with Gasteiger partial charge in [0.15, 0.2) is 0 Å². The van der Waals surface area contributed by atoms with Gasteiger partial charge < -0.3 is 20.5 Å². The molecule has 2 rings (SSSR count). The molecule has 1 aromatic rings. The SMILES string of the molecule is Cc1cc(C=N)c(NPI)cc1C1CCN(CC(O)CF)CC1. The van der Waals surface area contributed by atoms with Gasteiger partial charge in [-0.25, -0.2) is 4.39 Å². The largest absolute Gasteiger partial charge is 0.389 e. The number of alkyl halides is 1. The van der Waals surface area contributed by atoms with Crippen molar-refractivity contribution in [2.45, 2.75) is 31.8 Å². The van der Waals surface area contributed by atoms with Crippen molar-refractivity contribution in [2.75, 3.05) is 31.4 Å². The number of halogens is 2. The summed E-state index contributed by atoms with van der Waals surface area (Å²) in [6.45, 7) is 3.65. The Morgan fingerprint density at radius 3 is 2.78 bits per heavy atom. The molecule has 2 atom stereocenters. The molecule has 3 N–H and O–H groups in total. The van der Waals surface area contributed by atoms with Gasteiger partial charge in [0, 0.05) is 30.4 Å². The lowest BCUT2D eigenvalue weighted by molar-refractivity contribution is 0.0780. The van der Waals surface area contributed by atoms with Crippen molar-refractivity contribution in [3.8, 4) is 0 Å². The molecule has 1 heterocycles. The first-order valence-corrected chi connectivity index (χ1v) is 11.9. The molecule has 0 bridgehead atoms. The van der Waals surface area contributed by atoms with Crippen LogP contribution in [0.2, 0.25) is 0 Å². The molecule has 0 amide bonds. The zero-order valence-corrected chi connectivity index (χ0v) is 16.4. The van der Waals surface area contributed by atoms with Gasteiger partial charge in [-0.1, -0.05) is 0 Å². The lowest BCUT2D eigenvalue weighted by atomic mass is 9.85. The normalized spacial score (nSPS) is 18.4. The number of benzene rings is 1. The predicted molar refractivity (Wildman–Crippen MR) is 105 cm³/mol. The van der Waals surface area contributed by atoms with Crippen LogP contribution in [-0.2, 0) is 0 Å². The Morgan fingerprint density at radius 1 is 1.52 bits per heavy atom. The van der Waals surface area contributed by atoms with Gasteiger partial charge in [-0.05, 0) is 84.1 Å². The number of rotatable bonds is 7. The van der Waals surface area contributed by atoms with E-state index in [0.717, 1.165) is 37.2 Å². The molecule has 0 radical (unpaired) electrons. The van der Waals surface area contributed by atoms with Gasteiger partial charge in [-0.3, -0.25) is 0 Å². The van der Waals surface area contributed by atoms with Crippen LogP contribution >= 0.6 is 28.4 Å². The summed E-state index contributed by atoms with van der Waals surface area (Å²) in [4.78, 5) is 2.15. The lowest BCUT2D eigenvalue weighted by Crippen LogP contribution is -2.39. The topological polar surface area (TPSA) is 59.4 Å². The van der Waals surface area contributed by atoms with Crippen molar-refractivity contribution < 1.29 is 9.50 Å². The highest BCUT2D eigenvalue weighted by Crippen LogP contribution is 2.35. The van der Waals surface area contributed by atoms with Gasteiger partial charge in [-0.2, -0.15) is 0 Å².